The second-order valence-electron chi connectivity index (χ2n) is 3.33. The van der Waals surface area contributed by atoms with Crippen LogP contribution in [0.1, 0.15) is 39.5 Å². The van der Waals surface area contributed by atoms with Gasteiger partial charge in [-0.15, -0.1) is 0 Å². The third-order valence-electron chi connectivity index (χ3n) is 1.83. The van der Waals surface area contributed by atoms with Gasteiger partial charge in [0.05, 0.1) is 0 Å². The number of rotatable bonds is 3. The number of nitrogens with zero attached hydrogens (tertiary/aromatic N) is 1. The molecule has 1 fully saturated rings. The van der Waals surface area contributed by atoms with Crippen LogP contribution in [0, 0.1) is 0 Å². The van der Waals surface area contributed by atoms with Crippen LogP contribution in [-0.4, -0.2) is 36.2 Å². The van der Waals surface area contributed by atoms with Gasteiger partial charge in [0.1, 0.15) is 0 Å². The highest BCUT2D eigenvalue weighted by molar-refractivity contribution is 4.64. The van der Waals surface area contributed by atoms with E-state index in [9.17, 15) is 0 Å². The molecule has 2 nitrogen and oxygen atoms in total. The molecule has 1 saturated heterocycles. The smallest absolute Gasteiger partial charge is 0.0443 e. The van der Waals surface area contributed by atoms with Crippen LogP contribution in [-0.2, 0) is 0 Å². The van der Waals surface area contributed by atoms with E-state index in [1.165, 1.54) is 32.4 Å². The minimum absolute atomic E-state index is 0.344. The fourth-order valence-corrected chi connectivity index (χ4v) is 1.30. The Morgan fingerprint density at radius 1 is 1.17 bits per heavy atom. The summed E-state index contributed by atoms with van der Waals surface area (Å²) in [5.74, 6) is 0. The van der Waals surface area contributed by atoms with Crippen molar-refractivity contribution in [2.45, 2.75) is 39.5 Å². The highest BCUT2D eigenvalue weighted by Gasteiger charge is 2.09. The summed E-state index contributed by atoms with van der Waals surface area (Å²) in [5, 5.41) is 8.50. The molecule has 1 heterocycles. The minimum atomic E-state index is 0.344. The largest absolute Gasteiger partial charge is 0.396 e. The molecule has 0 aliphatic carbocycles. The van der Waals surface area contributed by atoms with Crippen LogP contribution < -0.4 is 0 Å². The van der Waals surface area contributed by atoms with Crippen molar-refractivity contribution < 1.29 is 5.11 Å². The number of likely N-dealkylation sites (tertiary alicyclic amines) is 1. The van der Waals surface area contributed by atoms with E-state index in [2.05, 4.69) is 18.7 Å². The summed E-state index contributed by atoms with van der Waals surface area (Å²) in [6, 6.07) is 0. The van der Waals surface area contributed by atoms with Gasteiger partial charge in [0.25, 0.3) is 0 Å². The van der Waals surface area contributed by atoms with Crippen LogP contribution in [0.2, 0.25) is 0 Å². The average molecular weight is 173 g/mol. The fourth-order valence-electron chi connectivity index (χ4n) is 1.30. The molecule has 2 heteroatoms. The molecule has 0 spiro atoms. The molecule has 1 aliphatic heterocycles. The fraction of sp³-hybridized carbons (Fsp3) is 1.00. The van der Waals surface area contributed by atoms with E-state index in [4.69, 9.17) is 5.11 Å². The van der Waals surface area contributed by atoms with Gasteiger partial charge in [-0.1, -0.05) is 20.3 Å². The first-order valence-corrected chi connectivity index (χ1v) is 5.18. The molecule has 0 aromatic carbocycles. The van der Waals surface area contributed by atoms with Crippen molar-refractivity contribution in [3.8, 4) is 0 Å². The Kier molecular flexibility index (Phi) is 8.95. The van der Waals surface area contributed by atoms with Gasteiger partial charge in [-0.05, 0) is 32.4 Å². The second kappa shape index (κ2) is 9.01. The van der Waals surface area contributed by atoms with E-state index in [1.54, 1.807) is 0 Å². The molecule has 1 rings (SSSR count). The average Bonchev–Trinajstić information content (AvgIpc) is 2.54. The predicted molar refractivity (Wildman–Crippen MR) is 53.3 cm³/mol. The standard InChI is InChI=1S/C7H15NO.C3H8/c9-7-3-6-8-4-1-2-5-8;1-3-2/h9H,1-7H2;3H2,1-2H3. The van der Waals surface area contributed by atoms with Crippen LogP contribution in [0.15, 0.2) is 0 Å². The van der Waals surface area contributed by atoms with Crippen LogP contribution in [0.25, 0.3) is 0 Å². The van der Waals surface area contributed by atoms with E-state index < -0.39 is 0 Å². The number of hydrogen-bond donors (Lipinski definition) is 1. The minimum Gasteiger partial charge on any atom is -0.396 e. The molecule has 0 aromatic heterocycles. The molecule has 0 atom stereocenters. The lowest BCUT2D eigenvalue weighted by Gasteiger charge is -2.12. The van der Waals surface area contributed by atoms with Gasteiger partial charge >= 0.3 is 0 Å². The van der Waals surface area contributed by atoms with Crippen molar-refractivity contribution in [1.82, 2.24) is 4.90 Å². The van der Waals surface area contributed by atoms with Crippen LogP contribution in [0.4, 0.5) is 0 Å². The van der Waals surface area contributed by atoms with E-state index in [-0.39, 0.29) is 0 Å². The molecule has 0 bridgehead atoms. The molecular formula is C10H23NO. The van der Waals surface area contributed by atoms with Gasteiger partial charge in [0.15, 0.2) is 0 Å². The van der Waals surface area contributed by atoms with Crippen molar-refractivity contribution in [3.05, 3.63) is 0 Å². The monoisotopic (exact) mass is 173 g/mol. The molecule has 0 aromatic rings. The molecule has 1 N–H and O–H groups in total. The second-order valence-corrected chi connectivity index (χ2v) is 3.33. The lowest BCUT2D eigenvalue weighted by atomic mass is 10.4. The molecule has 0 amide bonds. The highest BCUT2D eigenvalue weighted by Crippen LogP contribution is 2.06. The zero-order valence-corrected chi connectivity index (χ0v) is 8.55. The lowest BCUT2D eigenvalue weighted by Crippen LogP contribution is -2.20. The number of aliphatic hydroxyl groups excluding tert-OH is 1. The van der Waals surface area contributed by atoms with E-state index in [0.29, 0.717) is 6.61 Å². The van der Waals surface area contributed by atoms with Crippen molar-refractivity contribution in [2.75, 3.05) is 26.2 Å². The summed E-state index contributed by atoms with van der Waals surface area (Å²) in [5.41, 5.74) is 0. The van der Waals surface area contributed by atoms with E-state index >= 15 is 0 Å². The Bertz CT molecular complexity index is 79.9. The predicted octanol–water partition coefficient (Wildman–Crippen LogP) is 1.88. The first-order valence-electron chi connectivity index (χ1n) is 5.18. The Morgan fingerprint density at radius 2 is 1.67 bits per heavy atom. The molecule has 74 valence electrons. The maximum absolute atomic E-state index is 8.50. The van der Waals surface area contributed by atoms with Gasteiger partial charge in [-0.2, -0.15) is 0 Å². The van der Waals surface area contributed by atoms with Gasteiger partial charge in [-0.25, -0.2) is 0 Å². The zero-order chi connectivity index (χ0) is 9.23. The number of hydrogen-bond acceptors (Lipinski definition) is 2. The maximum Gasteiger partial charge on any atom is 0.0443 e. The Morgan fingerprint density at radius 3 is 2.08 bits per heavy atom. The summed E-state index contributed by atoms with van der Waals surface area (Å²) >= 11 is 0. The van der Waals surface area contributed by atoms with Crippen molar-refractivity contribution in [3.63, 3.8) is 0 Å². The molecule has 0 saturated carbocycles. The molecule has 0 radical (unpaired) electrons. The van der Waals surface area contributed by atoms with Crippen LogP contribution in [0.3, 0.4) is 0 Å². The summed E-state index contributed by atoms with van der Waals surface area (Å²) in [7, 11) is 0. The van der Waals surface area contributed by atoms with E-state index in [1.807, 2.05) is 0 Å². The zero-order valence-electron chi connectivity index (χ0n) is 8.55. The third-order valence-corrected chi connectivity index (χ3v) is 1.83. The summed E-state index contributed by atoms with van der Waals surface area (Å²) in [6.45, 7) is 8.19. The van der Waals surface area contributed by atoms with Gasteiger partial charge in [-0.3, -0.25) is 0 Å². The van der Waals surface area contributed by atoms with Gasteiger partial charge in [0, 0.05) is 13.2 Å². The van der Waals surface area contributed by atoms with Crippen molar-refractivity contribution in [2.24, 2.45) is 0 Å². The quantitative estimate of drug-likeness (QED) is 0.704. The van der Waals surface area contributed by atoms with Crippen LogP contribution >= 0.6 is 0 Å². The van der Waals surface area contributed by atoms with E-state index in [0.717, 1.165) is 13.0 Å². The Balaban J connectivity index is 0.000000354. The first kappa shape index (κ1) is 11.9. The lowest BCUT2D eigenvalue weighted by molar-refractivity contribution is 0.248. The van der Waals surface area contributed by atoms with Crippen molar-refractivity contribution in [1.29, 1.82) is 0 Å². The molecule has 12 heavy (non-hydrogen) atoms. The number of aliphatic hydroxyl groups is 1. The molecular weight excluding hydrogens is 150 g/mol. The third kappa shape index (κ3) is 6.62. The summed E-state index contributed by atoms with van der Waals surface area (Å²) < 4.78 is 0. The Labute approximate surface area is 76.6 Å². The van der Waals surface area contributed by atoms with Gasteiger partial charge in [0.2, 0.25) is 0 Å². The maximum atomic E-state index is 8.50. The van der Waals surface area contributed by atoms with Gasteiger partial charge < -0.3 is 10.0 Å². The summed E-state index contributed by atoms with van der Waals surface area (Å²) in [4.78, 5) is 2.41. The summed E-state index contributed by atoms with van der Waals surface area (Å²) in [6.07, 6.45) is 4.90. The highest BCUT2D eigenvalue weighted by atomic mass is 16.3. The first-order chi connectivity index (χ1) is 5.85. The van der Waals surface area contributed by atoms with Crippen molar-refractivity contribution >= 4 is 0 Å². The van der Waals surface area contributed by atoms with Crippen LogP contribution in [0.5, 0.6) is 0 Å². The molecule has 1 aliphatic rings. The Hall–Kier alpha value is -0.0800. The molecule has 0 unspecified atom stereocenters. The normalized spacial score (nSPS) is 17.2. The SMILES string of the molecule is CCC.OCCCN1CCCC1. The topological polar surface area (TPSA) is 23.5 Å².